The molecule has 5 nitrogen and oxygen atoms in total. The fourth-order valence-corrected chi connectivity index (χ4v) is 3.97. The van der Waals surface area contributed by atoms with Crippen LogP contribution in [0.4, 0.5) is 10.1 Å². The number of halogens is 1. The van der Waals surface area contributed by atoms with Crippen molar-refractivity contribution < 1.29 is 14.0 Å². The first kappa shape index (κ1) is 18.6. The maximum atomic E-state index is 13.1. The Morgan fingerprint density at radius 3 is 2.32 bits per heavy atom. The molecule has 1 unspecified atom stereocenters. The molecule has 0 radical (unpaired) electrons. The van der Waals surface area contributed by atoms with Crippen LogP contribution in [0.1, 0.15) is 12.0 Å². The van der Waals surface area contributed by atoms with Crippen LogP contribution in [-0.4, -0.2) is 54.3 Å². The van der Waals surface area contributed by atoms with Gasteiger partial charge < -0.3 is 9.80 Å². The second-order valence-corrected chi connectivity index (χ2v) is 7.47. The Balaban J connectivity index is 1.32. The molecule has 2 aliphatic heterocycles. The zero-order valence-corrected chi connectivity index (χ0v) is 15.8. The van der Waals surface area contributed by atoms with E-state index in [0.717, 1.165) is 19.6 Å². The highest BCUT2D eigenvalue weighted by molar-refractivity contribution is 6.00. The number of nitrogens with zero attached hydrogens (tertiary/aromatic N) is 3. The van der Waals surface area contributed by atoms with E-state index in [1.54, 1.807) is 17.0 Å². The standard InChI is InChI=1S/C22H24FN3O2/c23-19-6-8-20(9-7-19)26-16-18(14-21(26)27)22(28)25-12-10-24(11-13-25)15-17-4-2-1-3-5-17/h1-9,18H,10-16H2. The number of rotatable bonds is 4. The van der Waals surface area contributed by atoms with Crippen LogP contribution >= 0.6 is 0 Å². The first-order valence-corrected chi connectivity index (χ1v) is 9.71. The maximum absolute atomic E-state index is 13.1. The van der Waals surface area contributed by atoms with Crippen molar-refractivity contribution >= 4 is 17.5 Å². The molecule has 0 saturated carbocycles. The Bertz CT molecular complexity index is 833. The zero-order valence-electron chi connectivity index (χ0n) is 15.8. The van der Waals surface area contributed by atoms with Crippen LogP contribution < -0.4 is 4.90 Å². The van der Waals surface area contributed by atoms with E-state index in [9.17, 15) is 14.0 Å². The Hall–Kier alpha value is -2.73. The third kappa shape index (κ3) is 4.07. The van der Waals surface area contributed by atoms with Gasteiger partial charge in [-0.3, -0.25) is 14.5 Å². The summed E-state index contributed by atoms with van der Waals surface area (Å²) in [6.07, 6.45) is 0.223. The van der Waals surface area contributed by atoms with E-state index in [-0.39, 0.29) is 30.0 Å². The topological polar surface area (TPSA) is 43.9 Å². The highest BCUT2D eigenvalue weighted by atomic mass is 19.1. The largest absolute Gasteiger partial charge is 0.340 e. The van der Waals surface area contributed by atoms with E-state index < -0.39 is 0 Å². The summed E-state index contributed by atoms with van der Waals surface area (Å²) in [7, 11) is 0. The first-order chi connectivity index (χ1) is 13.6. The van der Waals surface area contributed by atoms with Crippen molar-refractivity contribution in [2.75, 3.05) is 37.6 Å². The molecule has 2 aromatic carbocycles. The van der Waals surface area contributed by atoms with Crippen molar-refractivity contribution in [3.05, 3.63) is 66.0 Å². The minimum absolute atomic E-state index is 0.0531. The molecule has 0 spiro atoms. The van der Waals surface area contributed by atoms with Gasteiger partial charge in [0.25, 0.3) is 0 Å². The smallest absolute Gasteiger partial charge is 0.228 e. The van der Waals surface area contributed by atoms with Crippen molar-refractivity contribution in [3.63, 3.8) is 0 Å². The van der Waals surface area contributed by atoms with Gasteiger partial charge in [0.15, 0.2) is 0 Å². The number of hydrogen-bond donors (Lipinski definition) is 0. The zero-order chi connectivity index (χ0) is 19.5. The van der Waals surface area contributed by atoms with Crippen LogP contribution in [0.15, 0.2) is 54.6 Å². The number of benzene rings is 2. The first-order valence-electron chi connectivity index (χ1n) is 9.71. The lowest BCUT2D eigenvalue weighted by molar-refractivity contribution is -0.137. The van der Waals surface area contributed by atoms with E-state index >= 15 is 0 Å². The highest BCUT2D eigenvalue weighted by Gasteiger charge is 2.37. The summed E-state index contributed by atoms with van der Waals surface area (Å²) in [5, 5.41) is 0. The molecule has 2 aliphatic rings. The van der Waals surface area contributed by atoms with Crippen LogP contribution in [0.2, 0.25) is 0 Å². The predicted molar refractivity (Wildman–Crippen MR) is 105 cm³/mol. The molecule has 2 saturated heterocycles. The molecule has 0 N–H and O–H groups in total. The minimum Gasteiger partial charge on any atom is -0.340 e. The molecule has 4 rings (SSSR count). The number of amides is 2. The van der Waals surface area contributed by atoms with Gasteiger partial charge in [-0.2, -0.15) is 0 Å². The molecular weight excluding hydrogens is 357 g/mol. The van der Waals surface area contributed by atoms with Gasteiger partial charge in [0, 0.05) is 51.4 Å². The summed E-state index contributed by atoms with van der Waals surface area (Å²) >= 11 is 0. The average Bonchev–Trinajstić information content (AvgIpc) is 3.11. The van der Waals surface area contributed by atoms with Gasteiger partial charge in [-0.05, 0) is 29.8 Å². The number of piperazine rings is 1. The normalized spacial score (nSPS) is 20.6. The Morgan fingerprint density at radius 2 is 1.64 bits per heavy atom. The molecule has 2 amide bonds. The van der Waals surface area contributed by atoms with Gasteiger partial charge in [0.1, 0.15) is 5.82 Å². The average molecular weight is 381 g/mol. The molecule has 0 bridgehead atoms. The van der Waals surface area contributed by atoms with E-state index in [0.29, 0.717) is 25.3 Å². The van der Waals surface area contributed by atoms with Gasteiger partial charge in [0.05, 0.1) is 5.92 Å². The lowest BCUT2D eigenvalue weighted by atomic mass is 10.1. The SMILES string of the molecule is O=C(C1CC(=O)N(c2ccc(F)cc2)C1)N1CCN(Cc2ccccc2)CC1. The van der Waals surface area contributed by atoms with Crippen molar-refractivity contribution in [2.45, 2.75) is 13.0 Å². The molecule has 2 heterocycles. The third-order valence-electron chi connectivity index (χ3n) is 5.55. The van der Waals surface area contributed by atoms with Crippen LogP contribution in [0.5, 0.6) is 0 Å². The molecule has 6 heteroatoms. The molecular formula is C22H24FN3O2. The van der Waals surface area contributed by atoms with Crippen molar-refractivity contribution in [1.82, 2.24) is 9.80 Å². The number of hydrogen-bond acceptors (Lipinski definition) is 3. The van der Waals surface area contributed by atoms with Gasteiger partial charge in [-0.25, -0.2) is 4.39 Å². The summed E-state index contributed by atoms with van der Waals surface area (Å²) < 4.78 is 13.1. The number of anilines is 1. The highest BCUT2D eigenvalue weighted by Crippen LogP contribution is 2.27. The molecule has 28 heavy (non-hydrogen) atoms. The third-order valence-corrected chi connectivity index (χ3v) is 5.55. The summed E-state index contributed by atoms with van der Waals surface area (Å²) in [5.74, 6) is -0.681. The monoisotopic (exact) mass is 381 g/mol. The summed E-state index contributed by atoms with van der Waals surface area (Å²) in [6, 6.07) is 16.2. The predicted octanol–water partition coefficient (Wildman–Crippen LogP) is 2.52. The molecule has 1 atom stereocenters. The number of carbonyl (C=O) groups is 2. The van der Waals surface area contributed by atoms with Crippen molar-refractivity contribution in [2.24, 2.45) is 5.92 Å². The van der Waals surface area contributed by atoms with Crippen LogP contribution in [0.25, 0.3) is 0 Å². The van der Waals surface area contributed by atoms with Crippen molar-refractivity contribution in [1.29, 1.82) is 0 Å². The van der Waals surface area contributed by atoms with E-state index in [4.69, 9.17) is 0 Å². The Labute approximate surface area is 164 Å². The minimum atomic E-state index is -0.337. The lowest BCUT2D eigenvalue weighted by Gasteiger charge is -2.35. The maximum Gasteiger partial charge on any atom is 0.228 e. The van der Waals surface area contributed by atoms with Gasteiger partial charge >= 0.3 is 0 Å². The fraction of sp³-hybridized carbons (Fsp3) is 0.364. The molecule has 0 aliphatic carbocycles. The molecule has 2 fully saturated rings. The molecule has 0 aromatic heterocycles. The fourth-order valence-electron chi connectivity index (χ4n) is 3.97. The van der Waals surface area contributed by atoms with Crippen molar-refractivity contribution in [3.8, 4) is 0 Å². The molecule has 2 aromatic rings. The van der Waals surface area contributed by atoms with Crippen LogP contribution in [0.3, 0.4) is 0 Å². The lowest BCUT2D eigenvalue weighted by Crippen LogP contribution is -2.50. The van der Waals surface area contributed by atoms with E-state index in [2.05, 4.69) is 17.0 Å². The Kier molecular flexibility index (Phi) is 5.39. The summed E-state index contributed by atoms with van der Waals surface area (Å²) in [6.45, 7) is 4.31. The van der Waals surface area contributed by atoms with Gasteiger partial charge in [-0.15, -0.1) is 0 Å². The Morgan fingerprint density at radius 1 is 0.964 bits per heavy atom. The second-order valence-electron chi connectivity index (χ2n) is 7.47. The van der Waals surface area contributed by atoms with Gasteiger partial charge in [-0.1, -0.05) is 30.3 Å². The van der Waals surface area contributed by atoms with E-state index in [1.807, 2.05) is 23.1 Å². The van der Waals surface area contributed by atoms with E-state index in [1.165, 1.54) is 17.7 Å². The number of carbonyl (C=O) groups excluding carboxylic acids is 2. The quantitative estimate of drug-likeness (QED) is 0.818. The van der Waals surface area contributed by atoms with Gasteiger partial charge in [0.2, 0.25) is 11.8 Å². The van der Waals surface area contributed by atoms with Crippen LogP contribution in [0, 0.1) is 11.7 Å². The summed E-state index contributed by atoms with van der Waals surface area (Å²) in [4.78, 5) is 31.1. The molecule has 146 valence electrons. The second kappa shape index (κ2) is 8.10. The van der Waals surface area contributed by atoms with Crippen LogP contribution in [-0.2, 0) is 16.1 Å². The summed E-state index contributed by atoms with van der Waals surface area (Å²) in [5.41, 5.74) is 1.92.